The standard InChI is InChI=1S/C10H12Br2N2/c11-8-7-13-10(12)6-9(8)14-4-2-1-3-5-14/h6-7H,1-5H2. The SMILES string of the molecule is Brc1cc(N2CCCCC2)c(Br)cn1. The lowest BCUT2D eigenvalue weighted by Crippen LogP contribution is -2.29. The van der Waals surface area contributed by atoms with Crippen molar-refractivity contribution in [2.75, 3.05) is 18.0 Å². The molecule has 1 saturated heterocycles. The average Bonchev–Trinajstić information content (AvgIpc) is 2.23. The van der Waals surface area contributed by atoms with E-state index >= 15 is 0 Å². The molecule has 14 heavy (non-hydrogen) atoms. The highest BCUT2D eigenvalue weighted by Crippen LogP contribution is 2.29. The molecule has 1 aliphatic rings. The van der Waals surface area contributed by atoms with Crippen molar-refractivity contribution in [3.05, 3.63) is 21.3 Å². The van der Waals surface area contributed by atoms with E-state index in [1.54, 1.807) is 0 Å². The van der Waals surface area contributed by atoms with Crippen LogP contribution in [0.4, 0.5) is 5.69 Å². The summed E-state index contributed by atoms with van der Waals surface area (Å²) in [5.74, 6) is 0. The minimum Gasteiger partial charge on any atom is -0.371 e. The Morgan fingerprint density at radius 1 is 1.14 bits per heavy atom. The van der Waals surface area contributed by atoms with E-state index in [2.05, 4.69) is 47.8 Å². The van der Waals surface area contributed by atoms with Crippen LogP contribution in [0.15, 0.2) is 21.3 Å². The van der Waals surface area contributed by atoms with Crippen LogP contribution in [0.2, 0.25) is 0 Å². The van der Waals surface area contributed by atoms with E-state index in [-0.39, 0.29) is 0 Å². The predicted octanol–water partition coefficient (Wildman–Crippen LogP) is 3.60. The van der Waals surface area contributed by atoms with Gasteiger partial charge in [-0.25, -0.2) is 4.98 Å². The lowest BCUT2D eigenvalue weighted by Gasteiger charge is -2.29. The number of aromatic nitrogens is 1. The Morgan fingerprint density at radius 3 is 2.57 bits per heavy atom. The van der Waals surface area contributed by atoms with Crippen LogP contribution in [0.25, 0.3) is 0 Å². The molecule has 0 bridgehead atoms. The summed E-state index contributed by atoms with van der Waals surface area (Å²) in [4.78, 5) is 6.59. The fourth-order valence-electron chi connectivity index (χ4n) is 1.78. The molecule has 76 valence electrons. The van der Waals surface area contributed by atoms with Crippen molar-refractivity contribution in [3.63, 3.8) is 0 Å². The third kappa shape index (κ3) is 2.28. The molecular weight excluding hydrogens is 308 g/mol. The van der Waals surface area contributed by atoms with E-state index in [0.29, 0.717) is 0 Å². The van der Waals surface area contributed by atoms with Crippen molar-refractivity contribution in [1.82, 2.24) is 4.98 Å². The van der Waals surface area contributed by atoms with E-state index in [1.807, 2.05) is 6.20 Å². The maximum atomic E-state index is 4.18. The summed E-state index contributed by atoms with van der Waals surface area (Å²) in [7, 11) is 0. The minimum atomic E-state index is 0.904. The molecule has 2 rings (SSSR count). The summed E-state index contributed by atoms with van der Waals surface area (Å²) >= 11 is 6.95. The maximum Gasteiger partial charge on any atom is 0.108 e. The predicted molar refractivity (Wildman–Crippen MR) is 65.7 cm³/mol. The Labute approximate surface area is 101 Å². The van der Waals surface area contributed by atoms with Crippen LogP contribution < -0.4 is 4.90 Å². The average molecular weight is 320 g/mol. The molecule has 0 atom stereocenters. The second-order valence-electron chi connectivity index (χ2n) is 3.51. The molecule has 4 heteroatoms. The number of hydrogen-bond acceptors (Lipinski definition) is 2. The molecule has 0 spiro atoms. The number of halogens is 2. The summed E-state index contributed by atoms with van der Waals surface area (Å²) < 4.78 is 1.99. The van der Waals surface area contributed by atoms with Gasteiger partial charge in [0, 0.05) is 19.3 Å². The van der Waals surface area contributed by atoms with Gasteiger partial charge in [-0.1, -0.05) is 0 Å². The zero-order valence-corrected chi connectivity index (χ0v) is 11.0. The lowest BCUT2D eigenvalue weighted by atomic mass is 10.1. The second kappa shape index (κ2) is 4.62. The first-order valence-corrected chi connectivity index (χ1v) is 6.42. The molecule has 0 unspecified atom stereocenters. The van der Waals surface area contributed by atoms with Crippen molar-refractivity contribution < 1.29 is 0 Å². The third-order valence-corrected chi connectivity index (χ3v) is 3.54. The van der Waals surface area contributed by atoms with Crippen LogP contribution in [0, 0.1) is 0 Å². The van der Waals surface area contributed by atoms with Crippen molar-refractivity contribution in [2.45, 2.75) is 19.3 Å². The molecule has 1 aromatic heterocycles. The molecule has 2 nitrogen and oxygen atoms in total. The van der Waals surface area contributed by atoms with Gasteiger partial charge >= 0.3 is 0 Å². The quantitative estimate of drug-likeness (QED) is 0.735. The summed E-state index contributed by atoms with van der Waals surface area (Å²) in [5, 5.41) is 0. The van der Waals surface area contributed by atoms with Crippen molar-refractivity contribution in [1.29, 1.82) is 0 Å². The smallest absolute Gasteiger partial charge is 0.108 e. The Bertz CT molecular complexity index is 322. The van der Waals surface area contributed by atoms with Gasteiger partial charge < -0.3 is 4.90 Å². The first-order valence-electron chi connectivity index (χ1n) is 4.83. The van der Waals surface area contributed by atoms with E-state index in [0.717, 1.165) is 22.2 Å². The number of nitrogens with zero attached hydrogens (tertiary/aromatic N) is 2. The van der Waals surface area contributed by atoms with Crippen molar-refractivity contribution in [3.8, 4) is 0 Å². The lowest BCUT2D eigenvalue weighted by molar-refractivity contribution is 0.577. The first-order chi connectivity index (χ1) is 6.77. The van der Waals surface area contributed by atoms with Gasteiger partial charge in [0.15, 0.2) is 0 Å². The van der Waals surface area contributed by atoms with E-state index in [4.69, 9.17) is 0 Å². The number of piperidine rings is 1. The monoisotopic (exact) mass is 318 g/mol. The molecule has 0 aliphatic carbocycles. The zero-order chi connectivity index (χ0) is 9.97. The van der Waals surface area contributed by atoms with Crippen molar-refractivity contribution >= 4 is 37.5 Å². The number of anilines is 1. The van der Waals surface area contributed by atoms with Crippen LogP contribution in [-0.4, -0.2) is 18.1 Å². The molecule has 1 aromatic rings. The summed E-state index contributed by atoms with van der Waals surface area (Å²) in [6.45, 7) is 2.32. The minimum absolute atomic E-state index is 0.904. The Kier molecular flexibility index (Phi) is 3.44. The Balaban J connectivity index is 2.24. The highest BCUT2D eigenvalue weighted by atomic mass is 79.9. The third-order valence-electron chi connectivity index (χ3n) is 2.50. The van der Waals surface area contributed by atoms with E-state index < -0.39 is 0 Å². The molecule has 0 aromatic carbocycles. The fraction of sp³-hybridized carbons (Fsp3) is 0.500. The fourth-order valence-corrected chi connectivity index (χ4v) is 2.57. The molecule has 0 saturated carbocycles. The topological polar surface area (TPSA) is 16.1 Å². The Hall–Kier alpha value is -0.0900. The van der Waals surface area contributed by atoms with Gasteiger partial charge in [-0.05, 0) is 57.2 Å². The van der Waals surface area contributed by atoms with Gasteiger partial charge in [0.1, 0.15) is 4.60 Å². The summed E-state index contributed by atoms with van der Waals surface area (Å²) in [5.41, 5.74) is 1.26. The van der Waals surface area contributed by atoms with Crippen LogP contribution in [0.5, 0.6) is 0 Å². The molecule has 1 fully saturated rings. The molecule has 1 aliphatic heterocycles. The second-order valence-corrected chi connectivity index (χ2v) is 5.17. The number of hydrogen-bond donors (Lipinski definition) is 0. The highest BCUT2D eigenvalue weighted by molar-refractivity contribution is 9.11. The summed E-state index contributed by atoms with van der Waals surface area (Å²) in [6.07, 6.45) is 5.81. The zero-order valence-electron chi connectivity index (χ0n) is 7.84. The summed E-state index contributed by atoms with van der Waals surface area (Å²) in [6, 6.07) is 2.08. The molecule has 0 amide bonds. The molecular formula is C10H12Br2N2. The highest BCUT2D eigenvalue weighted by Gasteiger charge is 2.13. The molecule has 0 N–H and O–H groups in total. The van der Waals surface area contributed by atoms with Crippen LogP contribution in [-0.2, 0) is 0 Å². The van der Waals surface area contributed by atoms with Crippen LogP contribution in [0.1, 0.15) is 19.3 Å². The van der Waals surface area contributed by atoms with Gasteiger partial charge in [-0.2, -0.15) is 0 Å². The Morgan fingerprint density at radius 2 is 1.86 bits per heavy atom. The van der Waals surface area contributed by atoms with Gasteiger partial charge in [0.25, 0.3) is 0 Å². The van der Waals surface area contributed by atoms with Gasteiger partial charge in [-0.15, -0.1) is 0 Å². The van der Waals surface area contributed by atoms with Crippen LogP contribution in [0.3, 0.4) is 0 Å². The van der Waals surface area contributed by atoms with Gasteiger partial charge in [0.2, 0.25) is 0 Å². The number of rotatable bonds is 1. The van der Waals surface area contributed by atoms with Gasteiger partial charge in [0.05, 0.1) is 10.2 Å². The van der Waals surface area contributed by atoms with Crippen molar-refractivity contribution in [2.24, 2.45) is 0 Å². The maximum absolute atomic E-state index is 4.18. The molecule has 2 heterocycles. The normalized spacial score (nSPS) is 17.1. The number of pyridine rings is 1. The van der Waals surface area contributed by atoms with Crippen LogP contribution >= 0.6 is 31.9 Å². The van der Waals surface area contributed by atoms with E-state index in [1.165, 1.54) is 24.9 Å². The first kappa shape index (κ1) is 10.4. The van der Waals surface area contributed by atoms with E-state index in [9.17, 15) is 0 Å². The van der Waals surface area contributed by atoms with Gasteiger partial charge in [-0.3, -0.25) is 0 Å². The molecule has 0 radical (unpaired) electrons. The largest absolute Gasteiger partial charge is 0.371 e.